The first-order valence-electron chi connectivity index (χ1n) is 12.0. The lowest BCUT2D eigenvalue weighted by Gasteiger charge is -2.25. The Morgan fingerprint density at radius 1 is 1.11 bits per heavy atom. The van der Waals surface area contributed by atoms with Crippen LogP contribution in [0.4, 0.5) is 5.82 Å². The zero-order chi connectivity index (χ0) is 27.0. The SMILES string of the molecule is NC(=O)C(c1c(C(=O)O)[nH]c2ccc(-c3cnc(N)c(OCc4c(Cl)cccc4Cl)c3)cc12)N1CCCC1. The molecule has 38 heavy (non-hydrogen) atoms. The number of fused-ring (bicyclic) bond motifs is 1. The number of carboxylic acid groups (broad SMARTS) is 1. The van der Waals surface area contributed by atoms with E-state index < -0.39 is 17.9 Å². The number of nitrogens with one attached hydrogen (secondary N) is 1. The highest BCUT2D eigenvalue weighted by molar-refractivity contribution is 6.35. The highest BCUT2D eigenvalue weighted by Crippen LogP contribution is 2.37. The van der Waals surface area contributed by atoms with Crippen molar-refractivity contribution in [1.29, 1.82) is 0 Å². The molecule has 0 bridgehead atoms. The Balaban J connectivity index is 1.55. The van der Waals surface area contributed by atoms with Crippen LogP contribution in [0.1, 0.15) is 40.5 Å². The van der Waals surface area contributed by atoms with Crippen LogP contribution in [0.25, 0.3) is 22.0 Å². The second-order valence-electron chi connectivity index (χ2n) is 9.12. The van der Waals surface area contributed by atoms with Crippen LogP contribution in [-0.2, 0) is 11.4 Å². The minimum absolute atomic E-state index is 0.0519. The predicted octanol–water partition coefficient (Wildman–Crippen LogP) is 5.02. The van der Waals surface area contributed by atoms with E-state index in [-0.39, 0.29) is 18.1 Å². The van der Waals surface area contributed by atoms with Gasteiger partial charge in [0.1, 0.15) is 18.3 Å². The lowest BCUT2D eigenvalue weighted by Crippen LogP contribution is -2.36. The van der Waals surface area contributed by atoms with Crippen LogP contribution in [-0.4, -0.2) is 44.9 Å². The third-order valence-corrected chi connectivity index (χ3v) is 7.46. The minimum Gasteiger partial charge on any atom is -0.485 e. The molecular formula is C27H25Cl2N5O4. The maximum Gasteiger partial charge on any atom is 0.352 e. The van der Waals surface area contributed by atoms with E-state index in [9.17, 15) is 14.7 Å². The second-order valence-corrected chi connectivity index (χ2v) is 9.94. The van der Waals surface area contributed by atoms with Crippen molar-refractivity contribution in [2.24, 2.45) is 5.73 Å². The number of rotatable bonds is 8. The molecule has 2 aromatic carbocycles. The van der Waals surface area contributed by atoms with E-state index in [1.54, 1.807) is 36.5 Å². The van der Waals surface area contributed by atoms with E-state index in [0.717, 1.165) is 18.4 Å². The van der Waals surface area contributed by atoms with E-state index in [2.05, 4.69) is 9.97 Å². The molecule has 9 nitrogen and oxygen atoms in total. The first-order chi connectivity index (χ1) is 18.2. The smallest absolute Gasteiger partial charge is 0.352 e. The lowest BCUT2D eigenvalue weighted by molar-refractivity contribution is -0.123. The normalized spacial score (nSPS) is 14.6. The molecule has 1 saturated heterocycles. The molecule has 11 heteroatoms. The number of nitrogen functional groups attached to an aromatic ring is 1. The quantitative estimate of drug-likeness (QED) is 0.239. The minimum atomic E-state index is -1.16. The Bertz CT molecular complexity index is 1530. The number of primary amides is 1. The van der Waals surface area contributed by atoms with Gasteiger partial charge in [0.15, 0.2) is 11.6 Å². The number of pyridine rings is 1. The number of carbonyl (C=O) groups excluding carboxylic acids is 1. The first-order valence-corrected chi connectivity index (χ1v) is 12.7. The molecule has 1 atom stereocenters. The van der Waals surface area contributed by atoms with E-state index in [1.165, 1.54) is 0 Å². The summed E-state index contributed by atoms with van der Waals surface area (Å²) < 4.78 is 5.92. The number of carboxylic acids is 1. The summed E-state index contributed by atoms with van der Waals surface area (Å²) >= 11 is 12.5. The Morgan fingerprint density at radius 2 is 1.82 bits per heavy atom. The molecule has 1 aliphatic rings. The average Bonchev–Trinajstić information content (AvgIpc) is 3.53. The largest absolute Gasteiger partial charge is 0.485 e. The van der Waals surface area contributed by atoms with Gasteiger partial charge < -0.3 is 26.3 Å². The molecule has 1 aliphatic heterocycles. The van der Waals surface area contributed by atoms with Gasteiger partial charge in [-0.05, 0) is 61.8 Å². The van der Waals surface area contributed by atoms with Gasteiger partial charge in [0.2, 0.25) is 5.91 Å². The topological polar surface area (TPSA) is 148 Å². The summed E-state index contributed by atoms with van der Waals surface area (Å²) in [6, 6.07) is 11.5. The molecule has 3 heterocycles. The summed E-state index contributed by atoms with van der Waals surface area (Å²) in [5, 5.41) is 11.5. The Labute approximate surface area is 228 Å². The van der Waals surface area contributed by atoms with Crippen molar-refractivity contribution in [1.82, 2.24) is 14.9 Å². The van der Waals surface area contributed by atoms with Crippen molar-refractivity contribution >= 4 is 51.8 Å². The van der Waals surface area contributed by atoms with Gasteiger partial charge in [-0.25, -0.2) is 9.78 Å². The van der Waals surface area contributed by atoms with E-state index in [4.69, 9.17) is 39.4 Å². The number of aromatic carboxylic acids is 1. The number of amides is 1. The highest BCUT2D eigenvalue weighted by Gasteiger charge is 2.34. The van der Waals surface area contributed by atoms with Gasteiger partial charge in [-0.15, -0.1) is 0 Å². The standard InChI is InChI=1S/C27H25Cl2N5O4/c28-18-4-3-5-19(29)17(18)13-38-21-11-15(12-32-25(21)30)14-6-7-20-16(10-14)22(23(33-20)27(36)37)24(26(31)35)34-8-1-2-9-34/h3-7,10-12,24,33H,1-2,8-9,13H2,(H2,30,32)(H2,31,35)(H,36,37). The van der Waals surface area contributed by atoms with Crippen molar-refractivity contribution in [2.75, 3.05) is 18.8 Å². The number of carbonyl (C=O) groups is 2. The van der Waals surface area contributed by atoms with Crippen LogP contribution in [0.2, 0.25) is 10.0 Å². The Morgan fingerprint density at radius 3 is 2.47 bits per heavy atom. The third-order valence-electron chi connectivity index (χ3n) is 6.75. The average molecular weight is 554 g/mol. The van der Waals surface area contributed by atoms with Gasteiger partial charge in [0.05, 0.1) is 0 Å². The van der Waals surface area contributed by atoms with Gasteiger partial charge in [-0.1, -0.05) is 35.3 Å². The summed E-state index contributed by atoms with van der Waals surface area (Å²) in [5.74, 6) is -1.22. The van der Waals surface area contributed by atoms with Crippen molar-refractivity contribution < 1.29 is 19.4 Å². The summed E-state index contributed by atoms with van der Waals surface area (Å²) in [6.45, 7) is 1.42. The summed E-state index contributed by atoms with van der Waals surface area (Å²) in [4.78, 5) is 33.9. The molecule has 1 amide bonds. The molecule has 6 N–H and O–H groups in total. The molecule has 0 spiro atoms. The fraction of sp³-hybridized carbons (Fsp3) is 0.222. The number of aromatic amines is 1. The van der Waals surface area contributed by atoms with Crippen LogP contribution < -0.4 is 16.2 Å². The summed E-state index contributed by atoms with van der Waals surface area (Å²) in [6.07, 6.45) is 3.43. The van der Waals surface area contributed by atoms with Gasteiger partial charge in [-0.2, -0.15) is 0 Å². The Kier molecular flexibility index (Phi) is 7.16. The molecule has 0 radical (unpaired) electrons. The number of hydrogen-bond acceptors (Lipinski definition) is 6. The van der Waals surface area contributed by atoms with Crippen LogP contribution in [0.5, 0.6) is 5.75 Å². The number of hydrogen-bond donors (Lipinski definition) is 4. The molecule has 4 aromatic rings. The van der Waals surface area contributed by atoms with Crippen LogP contribution in [0.15, 0.2) is 48.7 Å². The highest BCUT2D eigenvalue weighted by atomic mass is 35.5. The van der Waals surface area contributed by atoms with E-state index in [1.807, 2.05) is 17.0 Å². The number of anilines is 1. The molecule has 5 rings (SSSR count). The number of nitrogens with zero attached hydrogens (tertiary/aromatic N) is 2. The van der Waals surface area contributed by atoms with Crippen molar-refractivity contribution in [3.05, 3.63) is 75.5 Å². The number of nitrogens with two attached hydrogens (primary N) is 2. The zero-order valence-corrected chi connectivity index (χ0v) is 21.7. The fourth-order valence-electron chi connectivity index (χ4n) is 4.90. The maximum absolute atomic E-state index is 12.6. The van der Waals surface area contributed by atoms with Crippen LogP contribution >= 0.6 is 23.2 Å². The van der Waals surface area contributed by atoms with Crippen LogP contribution in [0, 0.1) is 0 Å². The molecule has 2 aromatic heterocycles. The molecule has 0 aliphatic carbocycles. The third kappa shape index (κ3) is 4.88. The molecule has 196 valence electrons. The number of likely N-dealkylation sites (tertiary alicyclic amines) is 1. The second kappa shape index (κ2) is 10.5. The zero-order valence-electron chi connectivity index (χ0n) is 20.2. The van der Waals surface area contributed by atoms with Gasteiger partial charge >= 0.3 is 5.97 Å². The van der Waals surface area contributed by atoms with Gasteiger partial charge in [0, 0.05) is 43.8 Å². The number of halogens is 2. The summed E-state index contributed by atoms with van der Waals surface area (Å²) in [5.41, 5.74) is 14.8. The number of benzene rings is 2. The van der Waals surface area contributed by atoms with Crippen molar-refractivity contribution in [3.63, 3.8) is 0 Å². The van der Waals surface area contributed by atoms with Gasteiger partial charge in [0.25, 0.3) is 0 Å². The number of H-pyrrole nitrogens is 1. The molecular weight excluding hydrogens is 529 g/mol. The first kappa shape index (κ1) is 25.8. The Hall–Kier alpha value is -3.79. The summed E-state index contributed by atoms with van der Waals surface area (Å²) in [7, 11) is 0. The van der Waals surface area contributed by atoms with Gasteiger partial charge in [-0.3, -0.25) is 9.69 Å². The van der Waals surface area contributed by atoms with E-state index >= 15 is 0 Å². The molecule has 0 saturated carbocycles. The number of ether oxygens (including phenoxy) is 1. The van der Waals surface area contributed by atoms with Crippen molar-refractivity contribution in [3.8, 4) is 16.9 Å². The fourth-order valence-corrected chi connectivity index (χ4v) is 5.40. The molecule has 1 unspecified atom stereocenters. The number of aromatic nitrogens is 2. The predicted molar refractivity (Wildman–Crippen MR) is 146 cm³/mol. The van der Waals surface area contributed by atoms with Crippen LogP contribution in [0.3, 0.4) is 0 Å². The monoisotopic (exact) mass is 553 g/mol. The lowest BCUT2D eigenvalue weighted by atomic mass is 9.97. The van der Waals surface area contributed by atoms with E-state index in [0.29, 0.717) is 56.5 Å². The van der Waals surface area contributed by atoms with Crippen molar-refractivity contribution in [2.45, 2.75) is 25.5 Å². The maximum atomic E-state index is 12.6. The molecule has 1 fully saturated rings.